The molecular formula is C18H21NO4. The number of fused-ring (bicyclic) bond motifs is 2. The number of hydrogen-bond donors (Lipinski definition) is 1. The van der Waals surface area contributed by atoms with Crippen molar-refractivity contribution in [2.45, 2.75) is 39.4 Å². The van der Waals surface area contributed by atoms with Crippen molar-refractivity contribution < 1.29 is 19.7 Å². The summed E-state index contributed by atoms with van der Waals surface area (Å²) in [6.07, 6.45) is 10.2. The molecule has 0 bridgehead atoms. The molecule has 0 aromatic heterocycles. The van der Waals surface area contributed by atoms with E-state index in [0.717, 1.165) is 22.4 Å². The third-order valence-electron chi connectivity index (χ3n) is 5.65. The highest BCUT2D eigenvalue weighted by Gasteiger charge is 2.50. The quantitative estimate of drug-likeness (QED) is 0.480. The summed E-state index contributed by atoms with van der Waals surface area (Å²) in [6, 6.07) is 0. The van der Waals surface area contributed by atoms with Crippen molar-refractivity contribution in [2.24, 2.45) is 11.3 Å². The van der Waals surface area contributed by atoms with Gasteiger partial charge in [-0.05, 0) is 42.6 Å². The average Bonchev–Trinajstić information content (AvgIpc) is 2.73. The first-order valence-corrected chi connectivity index (χ1v) is 7.69. The van der Waals surface area contributed by atoms with Crippen molar-refractivity contribution in [1.29, 1.82) is 0 Å². The van der Waals surface area contributed by atoms with Crippen molar-refractivity contribution in [3.8, 4) is 12.5 Å². The topological polar surface area (TPSA) is 59.0 Å². The van der Waals surface area contributed by atoms with Crippen LogP contribution in [-0.2, 0) is 14.6 Å². The van der Waals surface area contributed by atoms with Gasteiger partial charge in [0.15, 0.2) is 12.2 Å². The minimum absolute atomic E-state index is 0.0331. The summed E-state index contributed by atoms with van der Waals surface area (Å²) in [4.78, 5) is 23.6. The summed E-state index contributed by atoms with van der Waals surface area (Å²) >= 11 is 0. The molecule has 4 unspecified atom stereocenters. The summed E-state index contributed by atoms with van der Waals surface area (Å²) < 4.78 is 0. The van der Waals surface area contributed by atoms with E-state index in [1.54, 1.807) is 11.9 Å². The van der Waals surface area contributed by atoms with E-state index in [9.17, 15) is 9.90 Å². The molecule has 0 aromatic rings. The smallest absolute Gasteiger partial charge is 0.254 e. The molecule has 0 spiro atoms. The largest absolute Gasteiger partial charge is 0.390 e. The number of rotatable bonds is 2. The zero-order chi connectivity index (χ0) is 16.9. The zero-order valence-corrected chi connectivity index (χ0v) is 13.8. The van der Waals surface area contributed by atoms with E-state index in [-0.39, 0.29) is 17.2 Å². The van der Waals surface area contributed by atoms with Crippen LogP contribution >= 0.6 is 0 Å². The molecule has 23 heavy (non-hydrogen) atoms. The number of likely N-dealkylation sites (N-methyl/N-ethyl adjacent to an activating group) is 1. The van der Waals surface area contributed by atoms with Crippen molar-refractivity contribution in [2.75, 3.05) is 7.05 Å². The normalized spacial score (nSPS) is 36.1. The lowest BCUT2D eigenvalue weighted by Crippen LogP contribution is -2.47. The fraction of sp³-hybridized carbons (Fsp3) is 0.500. The fourth-order valence-corrected chi connectivity index (χ4v) is 3.84. The number of carbonyl (C=O) groups excluding carboxylic acids is 1. The first-order chi connectivity index (χ1) is 10.8. The minimum atomic E-state index is -0.734. The molecule has 1 amide bonds. The van der Waals surface area contributed by atoms with Crippen molar-refractivity contribution in [3.63, 3.8) is 0 Å². The van der Waals surface area contributed by atoms with Crippen molar-refractivity contribution >= 4 is 5.91 Å². The van der Waals surface area contributed by atoms with E-state index in [0.29, 0.717) is 6.42 Å². The van der Waals surface area contributed by atoms with Crippen LogP contribution in [0.3, 0.4) is 0 Å². The van der Waals surface area contributed by atoms with Crippen LogP contribution in [0.15, 0.2) is 34.6 Å². The maximum absolute atomic E-state index is 12.2. The van der Waals surface area contributed by atoms with Gasteiger partial charge in [0.25, 0.3) is 5.91 Å². The Morgan fingerprint density at radius 3 is 2.87 bits per heavy atom. The summed E-state index contributed by atoms with van der Waals surface area (Å²) in [7, 11) is 1.78. The van der Waals surface area contributed by atoms with Crippen LogP contribution in [0, 0.1) is 23.9 Å². The second kappa shape index (κ2) is 5.26. The minimum Gasteiger partial charge on any atom is -0.390 e. The highest BCUT2D eigenvalue weighted by molar-refractivity contribution is 6.00. The lowest BCUT2D eigenvalue weighted by Gasteiger charge is -2.47. The Balaban J connectivity index is 2.08. The molecule has 0 radical (unpaired) electrons. The molecule has 4 atom stereocenters. The molecule has 5 nitrogen and oxygen atoms in total. The van der Waals surface area contributed by atoms with Gasteiger partial charge in [-0.2, -0.15) is 4.89 Å². The molecule has 3 aliphatic rings. The predicted octanol–water partition coefficient (Wildman–Crippen LogP) is 1.91. The van der Waals surface area contributed by atoms with E-state index >= 15 is 0 Å². The van der Waals surface area contributed by atoms with Gasteiger partial charge in [-0.15, -0.1) is 0 Å². The van der Waals surface area contributed by atoms with Gasteiger partial charge in [0, 0.05) is 23.7 Å². The average molecular weight is 315 g/mol. The Labute approximate surface area is 136 Å². The Hall–Kier alpha value is -2.03. The lowest BCUT2D eigenvalue weighted by atomic mass is 9.60. The van der Waals surface area contributed by atoms with Crippen LogP contribution in [0.4, 0.5) is 0 Å². The van der Waals surface area contributed by atoms with Gasteiger partial charge in [0.2, 0.25) is 0 Å². The highest BCUT2D eigenvalue weighted by Crippen LogP contribution is 2.53. The summed E-state index contributed by atoms with van der Waals surface area (Å²) in [5.41, 5.74) is 3.55. The highest BCUT2D eigenvalue weighted by atomic mass is 17.2. The number of nitrogens with zero attached hydrogens (tertiary/aromatic N) is 1. The van der Waals surface area contributed by atoms with E-state index < -0.39 is 12.2 Å². The third-order valence-corrected chi connectivity index (χ3v) is 5.65. The molecule has 1 aliphatic heterocycles. The Bertz CT molecular complexity index is 696. The first-order valence-electron chi connectivity index (χ1n) is 7.69. The molecule has 0 saturated carbocycles. The Kier molecular flexibility index (Phi) is 3.62. The molecule has 3 rings (SSSR count). The Morgan fingerprint density at radius 2 is 2.22 bits per heavy atom. The molecule has 122 valence electrons. The van der Waals surface area contributed by atoms with Gasteiger partial charge in [0.1, 0.15) is 0 Å². The van der Waals surface area contributed by atoms with E-state index in [1.165, 1.54) is 0 Å². The number of hydrogen-bond acceptors (Lipinski definition) is 4. The molecular weight excluding hydrogens is 294 g/mol. The zero-order valence-electron chi connectivity index (χ0n) is 13.8. The van der Waals surface area contributed by atoms with E-state index in [1.807, 2.05) is 32.1 Å². The fourth-order valence-electron chi connectivity index (χ4n) is 3.84. The van der Waals surface area contributed by atoms with Gasteiger partial charge in [-0.25, -0.2) is 0 Å². The monoisotopic (exact) mass is 315 g/mol. The van der Waals surface area contributed by atoms with E-state index in [4.69, 9.17) is 11.3 Å². The van der Waals surface area contributed by atoms with Gasteiger partial charge in [-0.3, -0.25) is 9.68 Å². The SMILES string of the molecule is C#COOC1C=C2C=C3C(=C(C)C(=O)N3C)CC2(C)C(C)C1O. The van der Waals surface area contributed by atoms with Crippen LogP contribution in [-0.4, -0.2) is 35.2 Å². The molecule has 1 heterocycles. The Morgan fingerprint density at radius 1 is 1.52 bits per heavy atom. The molecule has 5 heteroatoms. The number of terminal acetylenes is 1. The number of aliphatic hydroxyl groups is 1. The number of carbonyl (C=O) groups is 1. The van der Waals surface area contributed by atoms with Gasteiger partial charge >= 0.3 is 0 Å². The number of allylic oxidation sites excluding steroid dienone is 3. The number of amides is 1. The van der Waals surface area contributed by atoms with Crippen LogP contribution in [0.1, 0.15) is 27.2 Å². The third kappa shape index (κ3) is 2.13. The maximum atomic E-state index is 12.2. The van der Waals surface area contributed by atoms with Gasteiger partial charge in [0.05, 0.1) is 6.10 Å². The summed E-state index contributed by atoms with van der Waals surface area (Å²) in [5.74, 6) is -0.0428. The first kappa shape index (κ1) is 15.9. The van der Waals surface area contributed by atoms with Crippen molar-refractivity contribution in [1.82, 2.24) is 4.90 Å². The summed E-state index contributed by atoms with van der Waals surface area (Å²) in [6.45, 7) is 5.96. The summed E-state index contributed by atoms with van der Waals surface area (Å²) in [5, 5.41) is 10.5. The van der Waals surface area contributed by atoms with Crippen LogP contribution < -0.4 is 0 Å². The van der Waals surface area contributed by atoms with Crippen LogP contribution in [0.2, 0.25) is 0 Å². The molecule has 1 N–H and O–H groups in total. The van der Waals surface area contributed by atoms with Gasteiger partial charge < -0.3 is 10.0 Å². The standard InChI is InChI=1S/C18H21NO4/c1-6-22-23-15-8-12-7-14-13(10(2)17(21)19(14)5)9-18(12,4)11(3)16(15)20/h1,7-8,11,15-16,20H,9H2,2-5H3. The van der Waals surface area contributed by atoms with Crippen LogP contribution in [0.5, 0.6) is 0 Å². The lowest BCUT2D eigenvalue weighted by molar-refractivity contribution is -0.285. The second-order valence-corrected chi connectivity index (χ2v) is 6.75. The van der Waals surface area contributed by atoms with Gasteiger partial charge in [-0.1, -0.05) is 20.3 Å². The molecule has 2 aliphatic carbocycles. The predicted molar refractivity (Wildman–Crippen MR) is 84.3 cm³/mol. The van der Waals surface area contributed by atoms with Crippen LogP contribution in [0.25, 0.3) is 0 Å². The molecule has 0 fully saturated rings. The van der Waals surface area contributed by atoms with E-state index in [2.05, 4.69) is 11.8 Å². The number of aliphatic hydroxyl groups excluding tert-OH is 1. The van der Waals surface area contributed by atoms with Crippen molar-refractivity contribution in [3.05, 3.63) is 34.6 Å². The molecule has 0 saturated heterocycles. The maximum Gasteiger partial charge on any atom is 0.254 e. The molecule has 0 aromatic carbocycles. The second-order valence-electron chi connectivity index (χ2n) is 6.75.